The number of rotatable bonds is 10. The van der Waals surface area contributed by atoms with Gasteiger partial charge in [-0.2, -0.15) is 0 Å². The molecule has 3 heterocycles. The van der Waals surface area contributed by atoms with E-state index < -0.39 is 11.8 Å². The average molecular weight is 449 g/mol. The van der Waals surface area contributed by atoms with Crippen LogP contribution in [0.3, 0.4) is 0 Å². The number of carbonyl (C=O) groups is 3. The Morgan fingerprint density at radius 1 is 1.03 bits per heavy atom. The van der Waals surface area contributed by atoms with Crippen molar-refractivity contribution in [3.8, 4) is 0 Å². The van der Waals surface area contributed by atoms with Crippen LogP contribution < -0.4 is 5.32 Å². The highest BCUT2D eigenvalue weighted by Gasteiger charge is 2.37. The number of aromatic amines is 1. The lowest BCUT2D eigenvalue weighted by molar-refractivity contribution is -0.122. The number of amides is 3. The fraction of sp³-hybridized carbons (Fsp3) is 0.417. The summed E-state index contributed by atoms with van der Waals surface area (Å²) in [5.41, 5.74) is 2.07. The molecule has 0 aliphatic carbocycles. The van der Waals surface area contributed by atoms with Gasteiger partial charge >= 0.3 is 0 Å². The van der Waals surface area contributed by atoms with E-state index in [2.05, 4.69) is 39.1 Å². The zero-order valence-corrected chi connectivity index (χ0v) is 18.9. The molecule has 0 unspecified atom stereocenters. The van der Waals surface area contributed by atoms with E-state index in [1.54, 1.807) is 0 Å². The normalized spacial score (nSPS) is 14.2. The third-order valence-electron chi connectivity index (χ3n) is 5.66. The first-order chi connectivity index (χ1) is 15.9. The second-order valence-electron chi connectivity index (χ2n) is 8.71. The predicted molar refractivity (Wildman–Crippen MR) is 122 cm³/mol. The van der Waals surface area contributed by atoms with Gasteiger partial charge in [0.15, 0.2) is 11.4 Å². The molecule has 2 N–H and O–H groups in total. The molecule has 9 heteroatoms. The van der Waals surface area contributed by atoms with E-state index in [1.807, 2.05) is 24.3 Å². The summed E-state index contributed by atoms with van der Waals surface area (Å²) in [6, 6.07) is 7.64. The van der Waals surface area contributed by atoms with E-state index in [1.165, 1.54) is 17.3 Å². The van der Waals surface area contributed by atoms with Crippen LogP contribution in [0.1, 0.15) is 78.8 Å². The van der Waals surface area contributed by atoms with Crippen molar-refractivity contribution in [3.63, 3.8) is 0 Å². The van der Waals surface area contributed by atoms with Crippen LogP contribution in [-0.2, 0) is 4.79 Å². The molecule has 33 heavy (non-hydrogen) atoms. The van der Waals surface area contributed by atoms with Crippen molar-refractivity contribution >= 4 is 28.8 Å². The topological polar surface area (TPSA) is 121 Å². The quantitative estimate of drug-likeness (QED) is 0.362. The minimum atomic E-state index is -0.400. The molecular weight excluding hydrogens is 420 g/mol. The Bertz CT molecular complexity index is 1100. The van der Waals surface area contributed by atoms with E-state index in [0.717, 1.165) is 29.7 Å². The molecule has 1 aromatic carbocycles. The van der Waals surface area contributed by atoms with Crippen LogP contribution in [0.25, 0.3) is 11.0 Å². The highest BCUT2D eigenvalue weighted by molar-refractivity contribution is 6.19. The monoisotopic (exact) mass is 448 g/mol. The largest absolute Gasteiger partial charge is 0.346 e. The molecule has 1 aliphatic rings. The van der Waals surface area contributed by atoms with Gasteiger partial charge in [-0.1, -0.05) is 32.4 Å². The third-order valence-corrected chi connectivity index (χ3v) is 5.66. The lowest BCUT2D eigenvalue weighted by Gasteiger charge is -2.19. The number of unbranched alkanes of at least 4 members (excludes halogenated alkanes) is 2. The standard InChI is InChI=1S/C24H28N6O3/c1-15(2)14-18(22-28-16-8-5-6-9-17(16)29-22)27-19(31)10-4-3-7-13-30-23(32)20-21(24(30)33)26-12-11-25-20/h5-6,8-9,11-12,15,18H,3-4,7,10,13-14H2,1-2H3,(H,27,31)(H,28,29)/t18-/m0/s1. The number of aromatic nitrogens is 4. The van der Waals surface area contributed by atoms with Gasteiger partial charge in [-0.05, 0) is 37.3 Å². The molecule has 0 spiro atoms. The maximum absolute atomic E-state index is 12.6. The number of nitrogens with zero attached hydrogens (tertiary/aromatic N) is 4. The number of hydrogen-bond acceptors (Lipinski definition) is 6. The van der Waals surface area contributed by atoms with Crippen molar-refractivity contribution in [1.82, 2.24) is 30.2 Å². The van der Waals surface area contributed by atoms with Crippen LogP contribution in [0.15, 0.2) is 36.7 Å². The summed E-state index contributed by atoms with van der Waals surface area (Å²) >= 11 is 0. The molecule has 172 valence electrons. The van der Waals surface area contributed by atoms with Gasteiger partial charge in [0, 0.05) is 25.4 Å². The highest BCUT2D eigenvalue weighted by Crippen LogP contribution is 2.23. The lowest BCUT2D eigenvalue weighted by atomic mass is 10.0. The van der Waals surface area contributed by atoms with Crippen molar-refractivity contribution in [3.05, 3.63) is 53.9 Å². The average Bonchev–Trinajstić information content (AvgIpc) is 3.33. The fourth-order valence-electron chi connectivity index (χ4n) is 4.05. The zero-order chi connectivity index (χ0) is 23.4. The van der Waals surface area contributed by atoms with Crippen molar-refractivity contribution in [2.45, 2.75) is 52.0 Å². The number of imide groups is 1. The van der Waals surface area contributed by atoms with Crippen LogP contribution in [0.5, 0.6) is 0 Å². The van der Waals surface area contributed by atoms with E-state index in [0.29, 0.717) is 31.7 Å². The first-order valence-corrected chi connectivity index (χ1v) is 11.3. The van der Waals surface area contributed by atoms with Crippen LogP contribution in [0.2, 0.25) is 0 Å². The third kappa shape index (κ3) is 5.08. The van der Waals surface area contributed by atoms with Crippen molar-refractivity contribution < 1.29 is 14.4 Å². The van der Waals surface area contributed by atoms with Gasteiger partial charge in [0.05, 0.1) is 17.1 Å². The fourth-order valence-corrected chi connectivity index (χ4v) is 4.05. The Morgan fingerprint density at radius 3 is 2.39 bits per heavy atom. The molecule has 4 rings (SSSR count). The molecule has 3 amide bonds. The lowest BCUT2D eigenvalue weighted by Crippen LogP contribution is -2.31. The van der Waals surface area contributed by atoms with Gasteiger partial charge < -0.3 is 10.3 Å². The summed E-state index contributed by atoms with van der Waals surface area (Å²) in [6.07, 6.45) is 5.99. The molecule has 1 atom stereocenters. The van der Waals surface area contributed by atoms with Crippen LogP contribution in [0, 0.1) is 5.92 Å². The van der Waals surface area contributed by atoms with E-state index in [-0.39, 0.29) is 23.3 Å². The first-order valence-electron chi connectivity index (χ1n) is 11.3. The molecular formula is C24H28N6O3. The molecule has 0 radical (unpaired) electrons. The van der Waals surface area contributed by atoms with Gasteiger partial charge in [0.25, 0.3) is 11.8 Å². The van der Waals surface area contributed by atoms with Gasteiger partial charge in [-0.25, -0.2) is 15.0 Å². The minimum absolute atomic E-state index is 0.0322. The van der Waals surface area contributed by atoms with Crippen LogP contribution in [-0.4, -0.2) is 49.1 Å². The molecule has 3 aromatic rings. The number of nitrogens with one attached hydrogen (secondary N) is 2. The van der Waals surface area contributed by atoms with Gasteiger partial charge in [0.2, 0.25) is 5.91 Å². The van der Waals surface area contributed by atoms with Crippen LogP contribution in [0.4, 0.5) is 0 Å². The maximum Gasteiger partial charge on any atom is 0.281 e. The van der Waals surface area contributed by atoms with Gasteiger partial charge in [-0.15, -0.1) is 0 Å². The van der Waals surface area contributed by atoms with E-state index in [4.69, 9.17) is 0 Å². The number of para-hydroxylation sites is 2. The SMILES string of the molecule is CC(C)C[C@H](NC(=O)CCCCCN1C(=O)c2nccnc2C1=O)c1nc2ccccc2[nH]1. The summed E-state index contributed by atoms with van der Waals surface area (Å²) in [5, 5.41) is 3.12. The van der Waals surface area contributed by atoms with Crippen molar-refractivity contribution in [2.24, 2.45) is 5.92 Å². The smallest absolute Gasteiger partial charge is 0.281 e. The molecule has 0 fully saturated rings. The maximum atomic E-state index is 12.6. The molecule has 1 aliphatic heterocycles. The molecule has 9 nitrogen and oxygen atoms in total. The number of H-pyrrole nitrogens is 1. The Balaban J connectivity index is 1.25. The number of fused-ring (bicyclic) bond motifs is 2. The van der Waals surface area contributed by atoms with Crippen molar-refractivity contribution in [1.29, 1.82) is 0 Å². The Hall–Kier alpha value is -3.62. The second kappa shape index (κ2) is 9.89. The summed E-state index contributed by atoms with van der Waals surface area (Å²) < 4.78 is 0. The number of hydrogen-bond donors (Lipinski definition) is 2. The molecule has 2 aromatic heterocycles. The Kier molecular flexibility index (Phi) is 6.76. The number of carbonyl (C=O) groups excluding carboxylic acids is 3. The van der Waals surface area contributed by atoms with Crippen LogP contribution >= 0.6 is 0 Å². The van der Waals surface area contributed by atoms with Crippen molar-refractivity contribution in [2.75, 3.05) is 6.54 Å². The molecule has 0 saturated heterocycles. The zero-order valence-electron chi connectivity index (χ0n) is 18.9. The Morgan fingerprint density at radius 2 is 1.73 bits per heavy atom. The minimum Gasteiger partial charge on any atom is -0.346 e. The van der Waals surface area contributed by atoms with E-state index in [9.17, 15) is 14.4 Å². The number of benzene rings is 1. The molecule has 0 saturated carbocycles. The molecule has 0 bridgehead atoms. The second-order valence-corrected chi connectivity index (χ2v) is 8.71. The van der Waals surface area contributed by atoms with E-state index >= 15 is 0 Å². The Labute approximate surface area is 192 Å². The number of imidazole rings is 1. The summed E-state index contributed by atoms with van der Waals surface area (Å²) in [6.45, 7) is 4.53. The van der Waals surface area contributed by atoms with Gasteiger partial charge in [-0.3, -0.25) is 19.3 Å². The highest BCUT2D eigenvalue weighted by atomic mass is 16.2. The summed E-state index contributed by atoms with van der Waals surface area (Å²) in [4.78, 5) is 54.3. The summed E-state index contributed by atoms with van der Waals surface area (Å²) in [7, 11) is 0. The predicted octanol–water partition coefficient (Wildman–Crippen LogP) is 3.41. The summed E-state index contributed by atoms with van der Waals surface area (Å²) in [5.74, 6) is 0.333. The first kappa shape index (κ1) is 22.6. The van der Waals surface area contributed by atoms with Gasteiger partial charge in [0.1, 0.15) is 5.82 Å².